The first-order chi connectivity index (χ1) is 13.5. The van der Waals surface area contributed by atoms with E-state index in [9.17, 15) is 17.6 Å². The number of nitrogens with one attached hydrogen (secondary N) is 2. The third kappa shape index (κ3) is 5.22. The summed E-state index contributed by atoms with van der Waals surface area (Å²) in [6.45, 7) is 5.70. The maximum absolute atomic E-state index is 14.2. The summed E-state index contributed by atoms with van der Waals surface area (Å²) in [6.07, 6.45) is -4.72. The van der Waals surface area contributed by atoms with Crippen LogP contribution in [0.25, 0.3) is 11.3 Å². The predicted octanol–water partition coefficient (Wildman–Crippen LogP) is 6.26. The van der Waals surface area contributed by atoms with Crippen molar-refractivity contribution in [1.29, 1.82) is 0 Å². The Labute approximate surface area is 166 Å². The quantitative estimate of drug-likeness (QED) is 0.504. The van der Waals surface area contributed by atoms with Gasteiger partial charge in [0.1, 0.15) is 11.6 Å². The van der Waals surface area contributed by atoms with Crippen LogP contribution >= 0.6 is 0 Å². The van der Waals surface area contributed by atoms with Crippen LogP contribution in [0.15, 0.2) is 54.6 Å². The Morgan fingerprint density at radius 2 is 1.55 bits per heavy atom. The van der Waals surface area contributed by atoms with E-state index in [1.165, 1.54) is 6.07 Å². The Morgan fingerprint density at radius 1 is 0.862 bits per heavy atom. The Balaban J connectivity index is 2.09. The van der Waals surface area contributed by atoms with Gasteiger partial charge in [-0.2, -0.15) is 18.2 Å². The number of aromatic nitrogens is 2. The van der Waals surface area contributed by atoms with Crippen molar-refractivity contribution in [1.82, 2.24) is 9.97 Å². The minimum absolute atomic E-state index is 0.0428. The van der Waals surface area contributed by atoms with E-state index in [0.717, 1.165) is 23.8 Å². The summed E-state index contributed by atoms with van der Waals surface area (Å²) in [5, 5.41) is 5.60. The van der Waals surface area contributed by atoms with Gasteiger partial charge in [0.2, 0.25) is 5.95 Å². The minimum atomic E-state index is -4.72. The van der Waals surface area contributed by atoms with Crippen molar-refractivity contribution < 1.29 is 17.6 Å². The summed E-state index contributed by atoms with van der Waals surface area (Å²) in [4.78, 5) is 8.68. The lowest BCUT2D eigenvalue weighted by Gasteiger charge is -2.22. The molecule has 0 unspecified atom stereocenters. The molecule has 0 bridgehead atoms. The molecule has 4 nitrogen and oxygen atoms in total. The third-order valence-electron chi connectivity index (χ3n) is 3.85. The predicted molar refractivity (Wildman–Crippen MR) is 106 cm³/mol. The molecule has 3 rings (SSSR count). The summed E-state index contributed by atoms with van der Waals surface area (Å²) in [5.41, 5.74) is -0.941. The number of hydrogen-bond donors (Lipinski definition) is 2. The molecule has 0 aliphatic heterocycles. The van der Waals surface area contributed by atoms with Gasteiger partial charge >= 0.3 is 6.18 Å². The molecule has 0 aliphatic rings. The summed E-state index contributed by atoms with van der Waals surface area (Å²) in [7, 11) is 0. The van der Waals surface area contributed by atoms with Gasteiger partial charge < -0.3 is 10.6 Å². The van der Waals surface area contributed by atoms with Crippen molar-refractivity contribution in [3.8, 4) is 11.3 Å². The molecule has 0 fully saturated rings. The number of anilines is 3. The van der Waals surface area contributed by atoms with E-state index >= 15 is 0 Å². The molecule has 1 aromatic heterocycles. The Kier molecular flexibility index (Phi) is 5.46. The van der Waals surface area contributed by atoms with Crippen LogP contribution in [-0.4, -0.2) is 15.5 Å². The van der Waals surface area contributed by atoms with Crippen molar-refractivity contribution in [2.75, 3.05) is 10.6 Å². The number of hydrogen-bond acceptors (Lipinski definition) is 4. The summed E-state index contributed by atoms with van der Waals surface area (Å²) < 4.78 is 54.2. The molecule has 0 atom stereocenters. The molecule has 0 amide bonds. The maximum atomic E-state index is 14.2. The highest BCUT2D eigenvalue weighted by atomic mass is 19.4. The summed E-state index contributed by atoms with van der Waals surface area (Å²) in [5.74, 6) is -0.766. The molecule has 0 saturated heterocycles. The van der Waals surface area contributed by atoms with Gasteiger partial charge in [-0.3, -0.25) is 0 Å². The number of nitrogens with zero attached hydrogens (tertiary/aromatic N) is 2. The van der Waals surface area contributed by atoms with Crippen molar-refractivity contribution in [2.24, 2.45) is 0 Å². The first kappa shape index (κ1) is 20.6. The molecule has 0 aliphatic carbocycles. The molecule has 8 heteroatoms. The van der Waals surface area contributed by atoms with E-state index in [1.807, 2.05) is 51.1 Å². The molecular formula is C21H20F4N4. The molecule has 2 N–H and O–H groups in total. The van der Waals surface area contributed by atoms with Crippen molar-refractivity contribution in [3.63, 3.8) is 0 Å². The summed E-state index contributed by atoms with van der Waals surface area (Å²) >= 11 is 0. The Bertz CT molecular complexity index is 996. The van der Waals surface area contributed by atoms with Crippen LogP contribution in [0.1, 0.15) is 26.3 Å². The van der Waals surface area contributed by atoms with Gasteiger partial charge in [0, 0.05) is 17.2 Å². The van der Waals surface area contributed by atoms with Gasteiger partial charge in [-0.05, 0) is 32.9 Å². The normalized spacial score (nSPS) is 12.0. The van der Waals surface area contributed by atoms with Gasteiger partial charge in [0.05, 0.1) is 16.9 Å². The van der Waals surface area contributed by atoms with Crippen LogP contribution in [0, 0.1) is 5.82 Å². The standard InChI is InChI=1S/C21H20F4N4/c1-20(2,3)29-19-26-16(13-8-5-4-6-9-13)12-17(28-19)27-18-14(21(23,24)25)10-7-11-15(18)22/h4-12H,1-3H3,(H2,26,27,28,29). The largest absolute Gasteiger partial charge is 0.418 e. The second-order valence-corrected chi connectivity index (χ2v) is 7.49. The lowest BCUT2D eigenvalue weighted by Crippen LogP contribution is -2.27. The fourth-order valence-electron chi connectivity index (χ4n) is 2.67. The lowest BCUT2D eigenvalue weighted by molar-refractivity contribution is -0.137. The smallest absolute Gasteiger partial charge is 0.350 e. The average Bonchev–Trinajstić information content (AvgIpc) is 2.61. The van der Waals surface area contributed by atoms with E-state index in [1.54, 1.807) is 0 Å². The molecule has 3 aromatic rings. The molecular weight excluding hydrogens is 384 g/mol. The monoisotopic (exact) mass is 404 g/mol. The number of alkyl halides is 3. The van der Waals surface area contributed by atoms with E-state index in [4.69, 9.17) is 0 Å². The first-order valence-corrected chi connectivity index (χ1v) is 8.88. The Morgan fingerprint density at radius 3 is 2.17 bits per heavy atom. The zero-order chi connectivity index (χ0) is 21.2. The van der Waals surface area contributed by atoms with Gasteiger partial charge in [-0.15, -0.1) is 0 Å². The van der Waals surface area contributed by atoms with Gasteiger partial charge in [0.25, 0.3) is 0 Å². The molecule has 0 spiro atoms. The van der Waals surface area contributed by atoms with Crippen LogP contribution in [0.4, 0.5) is 35.0 Å². The van der Waals surface area contributed by atoms with Gasteiger partial charge in [0.15, 0.2) is 0 Å². The van der Waals surface area contributed by atoms with Crippen molar-refractivity contribution >= 4 is 17.5 Å². The molecule has 152 valence electrons. The van der Waals surface area contributed by atoms with Crippen LogP contribution < -0.4 is 10.6 Å². The zero-order valence-corrected chi connectivity index (χ0v) is 16.1. The highest BCUT2D eigenvalue weighted by Crippen LogP contribution is 2.37. The maximum Gasteiger partial charge on any atom is 0.418 e. The van der Waals surface area contributed by atoms with Gasteiger partial charge in [-0.1, -0.05) is 36.4 Å². The molecule has 0 radical (unpaired) electrons. The zero-order valence-electron chi connectivity index (χ0n) is 16.1. The van der Waals surface area contributed by atoms with Crippen LogP contribution in [0.5, 0.6) is 0 Å². The van der Waals surface area contributed by atoms with Crippen LogP contribution in [-0.2, 0) is 6.18 Å². The minimum Gasteiger partial charge on any atom is -0.350 e. The number of benzene rings is 2. The average molecular weight is 404 g/mol. The second-order valence-electron chi connectivity index (χ2n) is 7.49. The topological polar surface area (TPSA) is 49.8 Å². The molecule has 1 heterocycles. The molecule has 0 saturated carbocycles. The SMILES string of the molecule is CC(C)(C)Nc1nc(Nc2c(F)cccc2C(F)(F)F)cc(-c2ccccc2)n1. The van der Waals surface area contributed by atoms with Crippen molar-refractivity contribution in [2.45, 2.75) is 32.5 Å². The summed E-state index contributed by atoms with van der Waals surface area (Å²) in [6, 6.07) is 13.4. The second kappa shape index (κ2) is 7.69. The van der Waals surface area contributed by atoms with E-state index in [0.29, 0.717) is 5.69 Å². The van der Waals surface area contributed by atoms with Crippen molar-refractivity contribution in [3.05, 3.63) is 66.0 Å². The molecule has 2 aromatic carbocycles. The molecule has 29 heavy (non-hydrogen) atoms. The lowest BCUT2D eigenvalue weighted by atomic mass is 10.1. The highest BCUT2D eigenvalue weighted by molar-refractivity contribution is 5.69. The number of halogens is 4. The fraction of sp³-hybridized carbons (Fsp3) is 0.238. The first-order valence-electron chi connectivity index (χ1n) is 8.88. The van der Waals surface area contributed by atoms with E-state index in [-0.39, 0.29) is 17.3 Å². The van der Waals surface area contributed by atoms with Crippen LogP contribution in [0.2, 0.25) is 0 Å². The van der Waals surface area contributed by atoms with E-state index < -0.39 is 23.2 Å². The Hall–Kier alpha value is -3.16. The van der Waals surface area contributed by atoms with Gasteiger partial charge in [-0.25, -0.2) is 9.37 Å². The number of para-hydroxylation sites is 1. The number of rotatable bonds is 4. The highest BCUT2D eigenvalue weighted by Gasteiger charge is 2.35. The van der Waals surface area contributed by atoms with Crippen LogP contribution in [0.3, 0.4) is 0 Å². The third-order valence-corrected chi connectivity index (χ3v) is 3.85. The van der Waals surface area contributed by atoms with E-state index in [2.05, 4.69) is 20.6 Å². The fourth-order valence-corrected chi connectivity index (χ4v) is 2.67.